The van der Waals surface area contributed by atoms with Gasteiger partial charge in [0.1, 0.15) is 0 Å². The van der Waals surface area contributed by atoms with Crippen molar-refractivity contribution in [3.63, 3.8) is 0 Å². The standard InChI is InChI=1S/C14H9ClNS2/c15-12-9-5-4-8-11(12)14-16-13(17-18-14)10-6-2-1-3-7-10/h1-9H/q+1. The molecule has 1 aromatic heterocycles. The molecule has 2 aromatic carbocycles. The second-order valence-electron chi connectivity index (χ2n) is 3.73. The van der Waals surface area contributed by atoms with E-state index in [-0.39, 0.29) is 0 Å². The number of nitrogens with zero attached hydrogens (tertiary/aromatic N) is 1. The Morgan fingerprint density at radius 3 is 2.44 bits per heavy atom. The summed E-state index contributed by atoms with van der Waals surface area (Å²) in [6.45, 7) is 0. The average Bonchev–Trinajstić information content (AvgIpc) is 2.90. The van der Waals surface area contributed by atoms with Crippen LogP contribution in [0.25, 0.3) is 21.1 Å². The second kappa shape index (κ2) is 5.14. The molecule has 3 aromatic rings. The van der Waals surface area contributed by atoms with Gasteiger partial charge in [-0.05, 0) is 18.2 Å². The van der Waals surface area contributed by atoms with Crippen LogP contribution in [0.5, 0.6) is 0 Å². The predicted octanol–water partition coefficient (Wildman–Crippen LogP) is 5.47. The molecule has 4 heteroatoms. The van der Waals surface area contributed by atoms with Crippen molar-refractivity contribution in [3.8, 4) is 21.1 Å². The van der Waals surface area contributed by atoms with Crippen LogP contribution in [0.2, 0.25) is 5.02 Å². The number of halogens is 1. The Kier molecular flexibility index (Phi) is 3.37. The Morgan fingerprint density at radius 2 is 1.67 bits per heavy atom. The highest BCUT2D eigenvalue weighted by molar-refractivity contribution is 7.71. The van der Waals surface area contributed by atoms with Gasteiger partial charge >= 0.3 is 15.3 Å². The zero-order chi connectivity index (χ0) is 12.4. The summed E-state index contributed by atoms with van der Waals surface area (Å²) in [6.07, 6.45) is 0. The minimum atomic E-state index is 0.749. The van der Waals surface area contributed by atoms with E-state index in [2.05, 4.69) is 17.1 Å². The Labute approximate surface area is 118 Å². The highest BCUT2D eigenvalue weighted by atomic mass is 35.5. The van der Waals surface area contributed by atoms with Crippen LogP contribution < -0.4 is 0 Å². The molecule has 0 spiro atoms. The Bertz CT molecular complexity index is 664. The van der Waals surface area contributed by atoms with Gasteiger partial charge in [0.2, 0.25) is 0 Å². The van der Waals surface area contributed by atoms with Gasteiger partial charge in [-0.3, -0.25) is 0 Å². The molecule has 0 aliphatic rings. The summed E-state index contributed by atoms with van der Waals surface area (Å²) in [5, 5.41) is 2.76. The van der Waals surface area contributed by atoms with E-state index in [9.17, 15) is 0 Å². The van der Waals surface area contributed by atoms with Gasteiger partial charge in [-0.25, -0.2) is 0 Å². The van der Waals surface area contributed by atoms with Gasteiger partial charge in [0.25, 0.3) is 0 Å². The molecule has 0 aliphatic carbocycles. The van der Waals surface area contributed by atoms with Crippen LogP contribution in [-0.2, 0) is 0 Å². The van der Waals surface area contributed by atoms with Gasteiger partial charge < -0.3 is 0 Å². The fourth-order valence-electron chi connectivity index (χ4n) is 1.64. The maximum absolute atomic E-state index is 6.19. The molecule has 1 nitrogen and oxygen atoms in total. The first kappa shape index (κ1) is 11.8. The van der Waals surface area contributed by atoms with Crippen LogP contribution in [0.15, 0.2) is 54.6 Å². The monoisotopic (exact) mass is 290 g/mol. The molecule has 0 atom stereocenters. The number of aromatic nitrogens is 1. The van der Waals surface area contributed by atoms with Crippen molar-refractivity contribution >= 4 is 32.3 Å². The van der Waals surface area contributed by atoms with Gasteiger partial charge in [0.05, 0.1) is 10.6 Å². The minimum absolute atomic E-state index is 0.749. The second-order valence-corrected chi connectivity index (χ2v) is 6.25. The Morgan fingerprint density at radius 1 is 0.944 bits per heavy atom. The number of rotatable bonds is 2. The third kappa shape index (κ3) is 2.29. The van der Waals surface area contributed by atoms with Crippen molar-refractivity contribution in [1.29, 1.82) is 0 Å². The van der Waals surface area contributed by atoms with Crippen molar-refractivity contribution < 1.29 is 0 Å². The quantitative estimate of drug-likeness (QED) is 0.450. The molecule has 0 saturated carbocycles. The van der Waals surface area contributed by atoms with E-state index in [1.807, 2.05) is 42.5 Å². The molecule has 0 saturated heterocycles. The largest absolute Gasteiger partial charge is 0.348 e. The van der Waals surface area contributed by atoms with Crippen LogP contribution in [0.3, 0.4) is 0 Å². The van der Waals surface area contributed by atoms with Crippen molar-refractivity contribution in [2.75, 3.05) is 0 Å². The molecule has 0 radical (unpaired) electrons. The highest BCUT2D eigenvalue weighted by Gasteiger charge is 2.20. The van der Waals surface area contributed by atoms with Gasteiger partial charge in [0, 0.05) is 5.56 Å². The average molecular weight is 291 g/mol. The lowest BCUT2D eigenvalue weighted by atomic mass is 10.2. The lowest BCUT2D eigenvalue weighted by Crippen LogP contribution is -1.79. The zero-order valence-electron chi connectivity index (χ0n) is 9.34. The smallest absolute Gasteiger partial charge is 0.175 e. The first-order valence-electron chi connectivity index (χ1n) is 5.45. The predicted molar refractivity (Wildman–Crippen MR) is 80.3 cm³/mol. The fourth-order valence-corrected chi connectivity index (χ4v) is 4.15. The molecule has 0 bridgehead atoms. The molecular weight excluding hydrogens is 282 g/mol. The van der Waals surface area contributed by atoms with E-state index in [1.54, 1.807) is 20.7 Å². The van der Waals surface area contributed by atoms with Crippen LogP contribution in [0.1, 0.15) is 0 Å². The Balaban J connectivity index is 2.03. The zero-order valence-corrected chi connectivity index (χ0v) is 11.7. The van der Waals surface area contributed by atoms with Crippen molar-refractivity contribution in [2.24, 2.45) is 0 Å². The summed E-state index contributed by atoms with van der Waals surface area (Å²) in [4.78, 5) is 4.66. The molecule has 18 heavy (non-hydrogen) atoms. The normalized spacial score (nSPS) is 10.5. The van der Waals surface area contributed by atoms with E-state index in [0.29, 0.717) is 0 Å². The molecule has 0 fully saturated rings. The molecule has 0 amide bonds. The SMILES string of the molecule is Clc1ccccc1-c1nc(-c2ccccc2)[s+]s1. The van der Waals surface area contributed by atoms with Crippen LogP contribution in [0, 0.1) is 0 Å². The lowest BCUT2D eigenvalue weighted by Gasteiger charge is -1.95. The van der Waals surface area contributed by atoms with Crippen LogP contribution >= 0.6 is 32.3 Å². The number of benzene rings is 2. The summed E-state index contributed by atoms with van der Waals surface area (Å²) < 4.78 is 0. The van der Waals surface area contributed by atoms with E-state index in [1.165, 1.54) is 0 Å². The van der Waals surface area contributed by atoms with Crippen molar-refractivity contribution in [3.05, 3.63) is 59.6 Å². The maximum atomic E-state index is 6.19. The summed E-state index contributed by atoms with van der Waals surface area (Å²) in [5.41, 5.74) is 2.15. The van der Waals surface area contributed by atoms with E-state index < -0.39 is 0 Å². The van der Waals surface area contributed by atoms with Crippen molar-refractivity contribution in [1.82, 2.24) is 4.98 Å². The maximum Gasteiger partial charge on any atom is 0.348 e. The summed E-state index contributed by atoms with van der Waals surface area (Å²) in [5.74, 6) is 0. The molecule has 0 N–H and O–H groups in total. The fraction of sp³-hybridized carbons (Fsp3) is 0. The van der Waals surface area contributed by atoms with E-state index in [0.717, 1.165) is 26.2 Å². The van der Waals surface area contributed by atoms with Crippen LogP contribution in [0.4, 0.5) is 0 Å². The van der Waals surface area contributed by atoms with Gasteiger partial charge in [0.15, 0.2) is 15.3 Å². The number of hydrogen-bond donors (Lipinski definition) is 0. The van der Waals surface area contributed by atoms with Gasteiger partial charge in [-0.2, -0.15) is 4.98 Å². The number of hydrogen-bond acceptors (Lipinski definition) is 2. The lowest BCUT2D eigenvalue weighted by molar-refractivity contribution is 1.42. The topological polar surface area (TPSA) is 12.9 Å². The summed E-state index contributed by atoms with van der Waals surface area (Å²) >= 11 is 6.19. The van der Waals surface area contributed by atoms with Crippen LogP contribution in [-0.4, -0.2) is 4.98 Å². The molecule has 0 aliphatic heterocycles. The minimum Gasteiger partial charge on any atom is -0.175 e. The summed E-state index contributed by atoms with van der Waals surface area (Å²) in [7, 11) is 3.34. The van der Waals surface area contributed by atoms with E-state index in [4.69, 9.17) is 11.6 Å². The molecule has 3 rings (SSSR count). The van der Waals surface area contributed by atoms with Gasteiger partial charge in [-0.15, -0.1) is 0 Å². The first-order chi connectivity index (χ1) is 8.84. The Hall–Kier alpha value is -1.29. The first-order valence-corrected chi connectivity index (χ1v) is 7.98. The third-order valence-corrected chi connectivity index (χ3v) is 5.09. The molecule has 1 heterocycles. The van der Waals surface area contributed by atoms with E-state index >= 15 is 0 Å². The molecular formula is C14H9ClNS2+. The van der Waals surface area contributed by atoms with Crippen molar-refractivity contribution in [2.45, 2.75) is 0 Å². The molecule has 88 valence electrons. The molecule has 0 unspecified atom stereocenters. The summed E-state index contributed by atoms with van der Waals surface area (Å²) in [6, 6.07) is 18.0. The highest BCUT2D eigenvalue weighted by Crippen LogP contribution is 2.36. The van der Waals surface area contributed by atoms with Gasteiger partial charge in [-0.1, -0.05) is 48.0 Å². The third-order valence-electron chi connectivity index (χ3n) is 2.53.